The van der Waals surface area contributed by atoms with Crippen LogP contribution in [0.15, 0.2) is 46.2 Å². The highest BCUT2D eigenvalue weighted by atomic mass is 35.5. The number of ether oxygens (including phenoxy) is 1. The smallest absolute Gasteiger partial charge is 0.332 e. The summed E-state index contributed by atoms with van der Waals surface area (Å²) in [6.07, 6.45) is 0.965. The molecule has 0 aliphatic carbocycles. The fourth-order valence-electron chi connectivity index (χ4n) is 2.88. The summed E-state index contributed by atoms with van der Waals surface area (Å²) in [5.41, 5.74) is 0.0214. The third-order valence-corrected chi connectivity index (χ3v) is 4.42. The monoisotopic (exact) mass is 409 g/mol. The van der Waals surface area contributed by atoms with Gasteiger partial charge in [0.05, 0.1) is 19.4 Å². The molecule has 3 aromatic rings. The van der Waals surface area contributed by atoms with E-state index in [0.29, 0.717) is 30.8 Å². The summed E-state index contributed by atoms with van der Waals surface area (Å²) in [6, 6.07) is 9.34. The molecule has 0 saturated carbocycles. The van der Waals surface area contributed by atoms with Crippen molar-refractivity contribution in [2.75, 3.05) is 19.7 Å². The van der Waals surface area contributed by atoms with Crippen molar-refractivity contribution < 1.29 is 27.6 Å². The first-order valence-electron chi connectivity index (χ1n) is 8.77. The third kappa shape index (κ3) is 4.61. The number of para-hydroxylation sites is 1. The molecule has 28 heavy (non-hydrogen) atoms. The predicted molar refractivity (Wildman–Crippen MR) is 99.8 cm³/mol. The second kappa shape index (κ2) is 9.54. The zero-order valence-corrected chi connectivity index (χ0v) is 16.5. The summed E-state index contributed by atoms with van der Waals surface area (Å²) in [5.74, 6) is 0.725. The molecule has 0 bridgehead atoms. The summed E-state index contributed by atoms with van der Waals surface area (Å²) < 4.78 is 9.70. The second-order valence-electron chi connectivity index (χ2n) is 6.41. The largest absolute Gasteiger partial charge is 1.00 e. The molecule has 0 aliphatic heterocycles. The Balaban J connectivity index is 0.00000280. The van der Waals surface area contributed by atoms with Crippen LogP contribution in [0.5, 0.6) is 5.75 Å². The van der Waals surface area contributed by atoms with Gasteiger partial charge in [-0.15, -0.1) is 0 Å². The van der Waals surface area contributed by atoms with Crippen LogP contribution < -0.4 is 33.7 Å². The molecule has 0 aliphatic rings. The molecule has 3 rings (SSSR count). The van der Waals surface area contributed by atoms with Crippen molar-refractivity contribution in [1.29, 1.82) is 0 Å². The molecule has 1 atom stereocenters. The number of aliphatic hydroxyl groups is 1. The maximum Gasteiger partial charge on any atom is 0.332 e. The normalized spacial score (nSPS) is 12.0. The number of nitrogens with zero attached hydrogens (tertiary/aromatic N) is 4. The molecular formula is C18H24ClN5O4. The average Bonchev–Trinajstić information content (AvgIpc) is 3.11. The van der Waals surface area contributed by atoms with E-state index in [4.69, 9.17) is 4.74 Å². The fraction of sp³-hybridized carbons (Fsp3) is 0.389. The molecule has 0 radical (unpaired) electrons. The van der Waals surface area contributed by atoms with Gasteiger partial charge in [0.15, 0.2) is 11.2 Å². The predicted octanol–water partition coefficient (Wildman–Crippen LogP) is -4.56. The molecule has 1 aromatic carbocycles. The molecule has 152 valence electrons. The molecule has 0 spiro atoms. The molecule has 2 aromatic heterocycles. The van der Waals surface area contributed by atoms with Crippen LogP contribution in [0.3, 0.4) is 0 Å². The fourth-order valence-corrected chi connectivity index (χ4v) is 2.88. The summed E-state index contributed by atoms with van der Waals surface area (Å²) in [7, 11) is 3.05. The maximum absolute atomic E-state index is 12.4. The average molecular weight is 410 g/mol. The van der Waals surface area contributed by atoms with Crippen LogP contribution in [0.2, 0.25) is 0 Å². The van der Waals surface area contributed by atoms with Gasteiger partial charge in [0.2, 0.25) is 0 Å². The number of aliphatic hydroxyl groups excluding tert-OH is 1. The number of benzene rings is 1. The number of rotatable bonds is 8. The van der Waals surface area contributed by atoms with Crippen molar-refractivity contribution in [2.45, 2.75) is 12.6 Å². The van der Waals surface area contributed by atoms with Gasteiger partial charge >= 0.3 is 5.69 Å². The van der Waals surface area contributed by atoms with Crippen LogP contribution in [-0.4, -0.2) is 49.6 Å². The van der Waals surface area contributed by atoms with Gasteiger partial charge < -0.3 is 32.1 Å². The van der Waals surface area contributed by atoms with E-state index in [2.05, 4.69) is 4.98 Å². The molecule has 9 nitrogen and oxygen atoms in total. The lowest BCUT2D eigenvalue weighted by Gasteiger charge is -2.11. The zero-order chi connectivity index (χ0) is 19.4. The van der Waals surface area contributed by atoms with Crippen molar-refractivity contribution in [3.63, 3.8) is 0 Å². The van der Waals surface area contributed by atoms with Crippen molar-refractivity contribution in [3.05, 3.63) is 57.5 Å². The first kappa shape index (κ1) is 21.7. The number of nitrogens with two attached hydrogens (primary N) is 1. The Morgan fingerprint density at radius 3 is 2.61 bits per heavy atom. The maximum atomic E-state index is 12.4. The Labute approximate surface area is 167 Å². The van der Waals surface area contributed by atoms with Gasteiger partial charge in [-0.3, -0.25) is 13.9 Å². The van der Waals surface area contributed by atoms with E-state index < -0.39 is 11.8 Å². The Morgan fingerprint density at radius 1 is 1.18 bits per heavy atom. The van der Waals surface area contributed by atoms with E-state index in [9.17, 15) is 14.7 Å². The first-order chi connectivity index (χ1) is 13.0. The van der Waals surface area contributed by atoms with E-state index in [-0.39, 0.29) is 24.6 Å². The zero-order valence-electron chi connectivity index (χ0n) is 15.8. The van der Waals surface area contributed by atoms with Crippen molar-refractivity contribution >= 4 is 11.2 Å². The van der Waals surface area contributed by atoms with E-state index in [0.717, 1.165) is 10.3 Å². The Kier molecular flexibility index (Phi) is 7.38. The molecule has 10 heteroatoms. The third-order valence-electron chi connectivity index (χ3n) is 4.42. The van der Waals surface area contributed by atoms with Crippen molar-refractivity contribution in [1.82, 2.24) is 18.7 Å². The van der Waals surface area contributed by atoms with Crippen LogP contribution in [-0.2, 0) is 20.6 Å². The van der Waals surface area contributed by atoms with Gasteiger partial charge in [-0.05, 0) is 12.1 Å². The molecule has 1 unspecified atom stereocenters. The molecule has 0 amide bonds. The SMILES string of the molecule is Cn1c(=O)c2c(ncn2CC[NH2+]CC(O)COc2ccccc2)n(C)c1=O.[Cl-]. The minimum Gasteiger partial charge on any atom is -1.00 e. The number of aryl methyl sites for hydroxylation is 1. The first-order valence-corrected chi connectivity index (χ1v) is 8.77. The quantitative estimate of drug-likeness (QED) is 0.364. The van der Waals surface area contributed by atoms with Gasteiger partial charge in [0.1, 0.15) is 25.0 Å². The van der Waals surface area contributed by atoms with Gasteiger partial charge in [0, 0.05) is 14.1 Å². The standard InChI is InChI=1S/C18H23N5O4.ClH/c1-21-16-15(17(25)22(2)18(21)26)23(12-20-16)9-8-19-10-13(24)11-27-14-6-4-3-5-7-14;/h3-7,12-13,19,24H,8-11H2,1-2H3;1H. The van der Waals surface area contributed by atoms with E-state index in [1.807, 2.05) is 35.6 Å². The number of fused-ring (bicyclic) bond motifs is 1. The van der Waals surface area contributed by atoms with Crippen LogP contribution in [0.4, 0.5) is 0 Å². The summed E-state index contributed by atoms with van der Waals surface area (Å²) in [6.45, 7) is 1.89. The number of hydrogen-bond donors (Lipinski definition) is 2. The van der Waals surface area contributed by atoms with Crippen LogP contribution >= 0.6 is 0 Å². The Hall–Kier alpha value is -2.62. The second-order valence-corrected chi connectivity index (χ2v) is 6.41. The Morgan fingerprint density at radius 2 is 1.89 bits per heavy atom. The van der Waals surface area contributed by atoms with Crippen LogP contribution in [0, 0.1) is 0 Å². The van der Waals surface area contributed by atoms with Gasteiger partial charge in [0.25, 0.3) is 5.56 Å². The van der Waals surface area contributed by atoms with E-state index in [1.165, 1.54) is 11.6 Å². The number of quaternary nitrogens is 1. The van der Waals surface area contributed by atoms with E-state index >= 15 is 0 Å². The van der Waals surface area contributed by atoms with Crippen molar-refractivity contribution in [2.24, 2.45) is 14.1 Å². The van der Waals surface area contributed by atoms with Crippen molar-refractivity contribution in [3.8, 4) is 5.75 Å². The number of hydrogen-bond acceptors (Lipinski definition) is 5. The van der Waals surface area contributed by atoms with Crippen LogP contribution in [0.25, 0.3) is 11.2 Å². The van der Waals surface area contributed by atoms with Crippen LogP contribution in [0.1, 0.15) is 0 Å². The lowest BCUT2D eigenvalue weighted by Crippen LogP contribution is -3.00. The molecule has 0 fully saturated rings. The molecule has 2 heterocycles. The highest BCUT2D eigenvalue weighted by Crippen LogP contribution is 2.08. The topological polar surface area (TPSA) is 108 Å². The highest BCUT2D eigenvalue weighted by molar-refractivity contribution is 5.69. The van der Waals surface area contributed by atoms with Gasteiger partial charge in [-0.1, -0.05) is 18.2 Å². The van der Waals surface area contributed by atoms with E-state index in [1.54, 1.807) is 17.9 Å². The highest BCUT2D eigenvalue weighted by Gasteiger charge is 2.14. The summed E-state index contributed by atoms with van der Waals surface area (Å²) >= 11 is 0. The summed E-state index contributed by atoms with van der Waals surface area (Å²) in [5, 5.41) is 12.0. The Bertz CT molecular complexity index is 1030. The lowest BCUT2D eigenvalue weighted by molar-refractivity contribution is -0.662. The molecule has 0 saturated heterocycles. The number of imidazole rings is 1. The number of aromatic nitrogens is 4. The molecular weight excluding hydrogens is 386 g/mol. The molecule has 3 N–H and O–H groups in total. The summed E-state index contributed by atoms with van der Waals surface area (Å²) in [4.78, 5) is 28.5. The minimum atomic E-state index is -0.599. The minimum absolute atomic E-state index is 0. The lowest BCUT2D eigenvalue weighted by atomic mass is 10.3. The number of halogens is 1. The van der Waals surface area contributed by atoms with Gasteiger partial charge in [-0.2, -0.15) is 0 Å². The van der Waals surface area contributed by atoms with Gasteiger partial charge in [-0.25, -0.2) is 9.78 Å².